The molecule has 1 aliphatic carbocycles. The predicted molar refractivity (Wildman–Crippen MR) is 88.4 cm³/mol. The summed E-state index contributed by atoms with van der Waals surface area (Å²) in [5.41, 5.74) is 2.68. The van der Waals surface area contributed by atoms with Crippen LogP contribution >= 0.6 is 0 Å². The third-order valence-corrected chi connectivity index (χ3v) is 5.11. The van der Waals surface area contributed by atoms with E-state index in [9.17, 15) is 9.90 Å². The monoisotopic (exact) mass is 320 g/mol. The number of carbonyl (C=O) groups is 1. The van der Waals surface area contributed by atoms with E-state index >= 15 is 0 Å². The van der Waals surface area contributed by atoms with Crippen LogP contribution in [0.3, 0.4) is 0 Å². The molecule has 3 N–H and O–H groups in total. The lowest BCUT2D eigenvalue weighted by Gasteiger charge is -2.31. The molecule has 1 aromatic heterocycles. The predicted octanol–water partition coefficient (Wildman–Crippen LogP) is 1.11. The van der Waals surface area contributed by atoms with E-state index in [-0.39, 0.29) is 12.5 Å². The van der Waals surface area contributed by atoms with Crippen LogP contribution in [0.4, 0.5) is 0 Å². The Morgan fingerprint density at radius 1 is 1.39 bits per heavy atom. The van der Waals surface area contributed by atoms with E-state index in [0.29, 0.717) is 12.2 Å². The van der Waals surface area contributed by atoms with E-state index in [1.165, 1.54) is 12.8 Å². The highest BCUT2D eigenvalue weighted by Crippen LogP contribution is 2.22. The number of nitrogens with one attached hydrogen (secondary N) is 2. The number of amides is 1. The van der Waals surface area contributed by atoms with Gasteiger partial charge in [-0.05, 0) is 57.5 Å². The number of aliphatic hydroxyl groups is 1. The second-order valence-electron chi connectivity index (χ2n) is 7.08. The van der Waals surface area contributed by atoms with Gasteiger partial charge in [0.25, 0.3) is 5.91 Å². The van der Waals surface area contributed by atoms with Gasteiger partial charge in [0, 0.05) is 24.3 Å². The number of β-amino-alcohol motifs (C(OH)–C–C–N with tert-alkyl or cyclic N) is 1. The number of H-pyrrole nitrogens is 1. The van der Waals surface area contributed by atoms with Gasteiger partial charge in [0.1, 0.15) is 0 Å². The SMILES string of the molecule is CC1CCN(CC(O)CNC(=O)c2n[nH]c3c2CCCC3)CC1. The van der Waals surface area contributed by atoms with Crippen molar-refractivity contribution in [3.8, 4) is 0 Å². The van der Waals surface area contributed by atoms with Gasteiger partial charge < -0.3 is 15.3 Å². The smallest absolute Gasteiger partial charge is 0.272 e. The molecule has 1 atom stereocenters. The summed E-state index contributed by atoms with van der Waals surface area (Å²) >= 11 is 0. The number of nitrogens with zero attached hydrogens (tertiary/aromatic N) is 2. The highest BCUT2D eigenvalue weighted by molar-refractivity contribution is 5.94. The van der Waals surface area contributed by atoms with E-state index < -0.39 is 6.10 Å². The van der Waals surface area contributed by atoms with Gasteiger partial charge >= 0.3 is 0 Å². The van der Waals surface area contributed by atoms with Crippen LogP contribution in [0, 0.1) is 5.92 Å². The maximum Gasteiger partial charge on any atom is 0.272 e. The molecule has 1 amide bonds. The molecule has 23 heavy (non-hydrogen) atoms. The quantitative estimate of drug-likeness (QED) is 0.759. The Balaban J connectivity index is 1.46. The van der Waals surface area contributed by atoms with Gasteiger partial charge in [-0.15, -0.1) is 0 Å². The molecule has 1 aliphatic heterocycles. The Hall–Kier alpha value is -1.40. The molecule has 0 aromatic carbocycles. The summed E-state index contributed by atoms with van der Waals surface area (Å²) in [6.45, 7) is 5.27. The molecule has 1 aromatic rings. The lowest BCUT2D eigenvalue weighted by molar-refractivity contribution is 0.0792. The summed E-state index contributed by atoms with van der Waals surface area (Å²) in [7, 11) is 0. The van der Waals surface area contributed by atoms with Crippen LogP contribution in [0.25, 0.3) is 0 Å². The zero-order valence-electron chi connectivity index (χ0n) is 14.0. The maximum absolute atomic E-state index is 12.3. The fraction of sp³-hybridized carbons (Fsp3) is 0.765. The Bertz CT molecular complexity index is 535. The molecule has 1 saturated heterocycles. The Morgan fingerprint density at radius 2 is 2.13 bits per heavy atom. The molecule has 1 unspecified atom stereocenters. The normalized spacial score (nSPS) is 21.0. The van der Waals surface area contributed by atoms with Crippen LogP contribution in [0.1, 0.15) is 54.4 Å². The second-order valence-corrected chi connectivity index (χ2v) is 7.08. The van der Waals surface area contributed by atoms with Crippen LogP contribution in [0.2, 0.25) is 0 Å². The Labute approximate surface area is 137 Å². The fourth-order valence-corrected chi connectivity index (χ4v) is 3.57. The first kappa shape index (κ1) is 16.5. The number of aliphatic hydroxyl groups excluding tert-OH is 1. The van der Waals surface area contributed by atoms with Crippen LogP contribution < -0.4 is 5.32 Å². The van der Waals surface area contributed by atoms with E-state index in [1.807, 2.05) is 0 Å². The minimum absolute atomic E-state index is 0.171. The number of rotatable bonds is 5. The summed E-state index contributed by atoms with van der Waals surface area (Å²) < 4.78 is 0. The summed E-state index contributed by atoms with van der Waals surface area (Å²) in [6.07, 6.45) is 6.03. The molecule has 1 fully saturated rings. The fourth-order valence-electron chi connectivity index (χ4n) is 3.57. The van der Waals surface area contributed by atoms with Gasteiger partial charge in [0.05, 0.1) is 6.10 Å². The molecule has 6 heteroatoms. The number of aromatic amines is 1. The number of carbonyl (C=O) groups excluding carboxylic acids is 1. The van der Waals surface area contributed by atoms with Crippen LogP contribution in [0.15, 0.2) is 0 Å². The minimum atomic E-state index is -0.526. The number of hydrogen-bond donors (Lipinski definition) is 3. The highest BCUT2D eigenvalue weighted by atomic mass is 16.3. The van der Waals surface area contributed by atoms with Gasteiger partial charge in [0.15, 0.2) is 5.69 Å². The summed E-state index contributed by atoms with van der Waals surface area (Å²) in [6, 6.07) is 0. The molecule has 0 bridgehead atoms. The summed E-state index contributed by atoms with van der Waals surface area (Å²) in [5.74, 6) is 0.615. The van der Waals surface area contributed by atoms with Gasteiger partial charge in [-0.25, -0.2) is 0 Å². The standard InChI is InChI=1S/C17H28N4O2/c1-12-6-8-21(9-7-12)11-13(22)10-18-17(23)16-14-4-2-3-5-15(14)19-20-16/h12-13,22H,2-11H2,1H3,(H,18,23)(H,19,20). The largest absolute Gasteiger partial charge is 0.390 e. The van der Waals surface area contributed by atoms with Gasteiger partial charge in [0.2, 0.25) is 0 Å². The Kier molecular flexibility index (Phi) is 5.33. The third kappa shape index (κ3) is 4.12. The zero-order valence-corrected chi connectivity index (χ0v) is 14.0. The van der Waals surface area contributed by atoms with E-state index in [4.69, 9.17) is 0 Å². The topological polar surface area (TPSA) is 81.2 Å². The van der Waals surface area contributed by atoms with Crippen molar-refractivity contribution in [2.45, 2.75) is 51.6 Å². The number of fused-ring (bicyclic) bond motifs is 1. The zero-order chi connectivity index (χ0) is 16.2. The van der Waals surface area contributed by atoms with Gasteiger partial charge in [-0.3, -0.25) is 9.89 Å². The number of aryl methyl sites for hydroxylation is 1. The van der Waals surface area contributed by atoms with E-state index in [2.05, 4.69) is 27.3 Å². The van der Waals surface area contributed by atoms with E-state index in [0.717, 1.165) is 55.9 Å². The van der Waals surface area contributed by atoms with Crippen molar-refractivity contribution >= 4 is 5.91 Å². The lowest BCUT2D eigenvalue weighted by Crippen LogP contribution is -2.43. The molecule has 3 rings (SSSR count). The molecule has 0 radical (unpaired) electrons. The molecule has 128 valence electrons. The van der Waals surface area contributed by atoms with Crippen molar-refractivity contribution in [3.63, 3.8) is 0 Å². The third-order valence-electron chi connectivity index (χ3n) is 5.11. The van der Waals surface area contributed by atoms with Crippen molar-refractivity contribution in [3.05, 3.63) is 17.0 Å². The molecule has 6 nitrogen and oxygen atoms in total. The van der Waals surface area contributed by atoms with Crippen molar-refractivity contribution < 1.29 is 9.90 Å². The number of aromatic nitrogens is 2. The number of likely N-dealkylation sites (tertiary alicyclic amines) is 1. The average Bonchev–Trinajstić information content (AvgIpc) is 2.99. The summed E-state index contributed by atoms with van der Waals surface area (Å²) in [5, 5.41) is 20.2. The van der Waals surface area contributed by atoms with Gasteiger partial charge in [-0.2, -0.15) is 5.10 Å². The molecule has 0 spiro atoms. The summed E-state index contributed by atoms with van der Waals surface area (Å²) in [4.78, 5) is 14.6. The van der Waals surface area contributed by atoms with Crippen molar-refractivity contribution in [1.82, 2.24) is 20.4 Å². The average molecular weight is 320 g/mol. The minimum Gasteiger partial charge on any atom is -0.390 e. The van der Waals surface area contributed by atoms with Crippen LogP contribution in [-0.4, -0.2) is 58.4 Å². The van der Waals surface area contributed by atoms with Crippen LogP contribution in [-0.2, 0) is 12.8 Å². The molecule has 2 heterocycles. The maximum atomic E-state index is 12.3. The highest BCUT2D eigenvalue weighted by Gasteiger charge is 2.23. The lowest BCUT2D eigenvalue weighted by atomic mass is 9.96. The van der Waals surface area contributed by atoms with Crippen LogP contribution in [0.5, 0.6) is 0 Å². The van der Waals surface area contributed by atoms with E-state index in [1.54, 1.807) is 0 Å². The number of piperidine rings is 1. The number of hydrogen-bond acceptors (Lipinski definition) is 4. The first-order valence-corrected chi connectivity index (χ1v) is 8.88. The Morgan fingerprint density at radius 3 is 2.91 bits per heavy atom. The molecule has 0 saturated carbocycles. The van der Waals surface area contributed by atoms with Crippen molar-refractivity contribution in [1.29, 1.82) is 0 Å². The van der Waals surface area contributed by atoms with Crippen molar-refractivity contribution in [2.24, 2.45) is 5.92 Å². The molecule has 2 aliphatic rings. The molecular weight excluding hydrogens is 292 g/mol. The first-order chi connectivity index (χ1) is 11.1. The van der Waals surface area contributed by atoms with Gasteiger partial charge in [-0.1, -0.05) is 6.92 Å². The molecular formula is C17H28N4O2. The second kappa shape index (κ2) is 7.45. The van der Waals surface area contributed by atoms with Crippen molar-refractivity contribution in [2.75, 3.05) is 26.2 Å². The first-order valence-electron chi connectivity index (χ1n) is 8.88.